The quantitative estimate of drug-likeness (QED) is 0.0234. The summed E-state index contributed by atoms with van der Waals surface area (Å²) >= 11 is 0. The molecule has 0 aliphatic heterocycles. The van der Waals surface area contributed by atoms with E-state index in [1.54, 1.807) is 0 Å². The van der Waals surface area contributed by atoms with Crippen LogP contribution in [-0.2, 0) is 37.5 Å². The molecule has 0 aromatic rings. The minimum Gasteiger partial charge on any atom is -0.480 e. The maximum atomic E-state index is 12.6. The van der Waals surface area contributed by atoms with Crippen molar-refractivity contribution in [2.24, 2.45) is 5.73 Å². The lowest BCUT2D eigenvalue weighted by atomic mass is 10.0. The van der Waals surface area contributed by atoms with Gasteiger partial charge in [0.2, 0.25) is 0 Å². The number of carbonyl (C=O) groups excluding carboxylic acids is 2. The molecule has 312 valence electrons. The Morgan fingerprint density at radius 3 is 1.42 bits per heavy atom. The van der Waals surface area contributed by atoms with Gasteiger partial charge in [0.15, 0.2) is 6.10 Å². The largest absolute Gasteiger partial charge is 0.480 e. The monoisotopic (exact) mass is 776 g/mol. The van der Waals surface area contributed by atoms with E-state index < -0.39 is 51.1 Å². The summed E-state index contributed by atoms with van der Waals surface area (Å²) in [4.78, 5) is 45.8. The van der Waals surface area contributed by atoms with E-state index in [1.807, 2.05) is 0 Å². The van der Waals surface area contributed by atoms with Crippen molar-refractivity contribution in [1.29, 1.82) is 0 Å². The number of rotatable bonds is 40. The second kappa shape index (κ2) is 37.2. The highest BCUT2D eigenvalue weighted by molar-refractivity contribution is 7.47. The minimum absolute atomic E-state index is 0.165. The van der Waals surface area contributed by atoms with Crippen LogP contribution in [0.4, 0.5) is 0 Å². The van der Waals surface area contributed by atoms with E-state index in [2.05, 4.69) is 30.5 Å². The lowest BCUT2D eigenvalue weighted by molar-refractivity contribution is -0.161. The molecule has 0 rings (SSSR count). The summed E-state index contributed by atoms with van der Waals surface area (Å²) in [6.07, 6.45) is 35.6. The average molecular weight is 776 g/mol. The van der Waals surface area contributed by atoms with E-state index >= 15 is 0 Å². The minimum atomic E-state index is -4.71. The first-order chi connectivity index (χ1) is 25.6. The van der Waals surface area contributed by atoms with Crippen LogP contribution in [0, 0.1) is 0 Å². The number of hydrogen-bond donors (Lipinski definition) is 3. The molecule has 53 heavy (non-hydrogen) atoms. The lowest BCUT2D eigenvalue weighted by Gasteiger charge is -2.20. The van der Waals surface area contributed by atoms with Gasteiger partial charge in [0.05, 0.1) is 13.2 Å². The van der Waals surface area contributed by atoms with Crippen LogP contribution in [0.5, 0.6) is 0 Å². The Morgan fingerprint density at radius 1 is 0.566 bits per heavy atom. The highest BCUT2D eigenvalue weighted by atomic mass is 31.2. The predicted octanol–water partition coefficient (Wildman–Crippen LogP) is 10.9. The second-order valence-electron chi connectivity index (χ2n) is 14.5. The van der Waals surface area contributed by atoms with Crippen LogP contribution >= 0.6 is 7.82 Å². The van der Waals surface area contributed by atoms with E-state index in [4.69, 9.17) is 24.8 Å². The number of aliphatic carboxylic acids is 1. The van der Waals surface area contributed by atoms with Crippen molar-refractivity contribution >= 4 is 25.7 Å². The molecule has 0 aromatic heterocycles. The standard InChI is InChI=1S/C41H78NO10P/c1-3-5-7-9-11-13-15-17-18-19-20-21-23-25-27-29-31-33-40(44)52-37(35-50-53(47,48)51-36-38(42)41(45)46)34-49-39(43)32-30-28-26-24-22-16-14-12-10-8-6-4-2/h12,14,37-38H,3-11,13,15-36,42H2,1-2H3,(H,45,46)(H,47,48)/b14-12+/t37-,38+/m1/s1. The van der Waals surface area contributed by atoms with E-state index in [1.165, 1.54) is 103 Å². The fraction of sp³-hybridized carbons (Fsp3) is 0.878. The van der Waals surface area contributed by atoms with Crippen LogP contribution in [-0.4, -0.2) is 59.9 Å². The number of allylic oxidation sites excluding steroid dienone is 2. The Bertz CT molecular complexity index is 963. The van der Waals surface area contributed by atoms with Gasteiger partial charge in [-0.05, 0) is 38.5 Å². The normalized spacial score (nSPS) is 13.9. The van der Waals surface area contributed by atoms with Gasteiger partial charge in [0.25, 0.3) is 0 Å². The fourth-order valence-corrected chi connectivity index (χ4v) is 6.66. The van der Waals surface area contributed by atoms with Crippen LogP contribution in [0.2, 0.25) is 0 Å². The molecule has 0 amide bonds. The molecule has 1 unspecified atom stereocenters. The third-order valence-electron chi connectivity index (χ3n) is 9.26. The van der Waals surface area contributed by atoms with Crippen molar-refractivity contribution in [1.82, 2.24) is 0 Å². The van der Waals surface area contributed by atoms with Gasteiger partial charge in [-0.2, -0.15) is 0 Å². The zero-order valence-corrected chi connectivity index (χ0v) is 34.5. The highest BCUT2D eigenvalue weighted by Crippen LogP contribution is 2.43. The van der Waals surface area contributed by atoms with Crippen molar-refractivity contribution in [3.8, 4) is 0 Å². The third-order valence-corrected chi connectivity index (χ3v) is 10.2. The summed E-state index contributed by atoms with van der Waals surface area (Å²) in [6.45, 7) is 2.78. The molecule has 0 aliphatic carbocycles. The number of carboxylic acids is 1. The maximum absolute atomic E-state index is 12.6. The molecule has 0 fully saturated rings. The summed E-state index contributed by atoms with van der Waals surface area (Å²) in [7, 11) is -4.71. The van der Waals surface area contributed by atoms with Gasteiger partial charge in [-0.15, -0.1) is 0 Å². The van der Waals surface area contributed by atoms with E-state index in [0.717, 1.165) is 57.8 Å². The van der Waals surface area contributed by atoms with Crippen LogP contribution < -0.4 is 5.73 Å². The van der Waals surface area contributed by atoms with Crippen molar-refractivity contribution in [2.75, 3.05) is 19.8 Å². The Kier molecular flexibility index (Phi) is 35.9. The van der Waals surface area contributed by atoms with Crippen LogP contribution in [0.15, 0.2) is 12.2 Å². The van der Waals surface area contributed by atoms with Gasteiger partial charge in [0, 0.05) is 12.8 Å². The van der Waals surface area contributed by atoms with Crippen LogP contribution in [0.3, 0.4) is 0 Å². The zero-order valence-electron chi connectivity index (χ0n) is 33.6. The second-order valence-corrected chi connectivity index (χ2v) is 15.9. The first-order valence-electron chi connectivity index (χ1n) is 21.2. The lowest BCUT2D eigenvalue weighted by Crippen LogP contribution is -2.34. The molecule has 11 nitrogen and oxygen atoms in total. The molecular weight excluding hydrogens is 697 g/mol. The van der Waals surface area contributed by atoms with Crippen molar-refractivity contribution < 1.29 is 47.5 Å². The highest BCUT2D eigenvalue weighted by Gasteiger charge is 2.28. The first-order valence-corrected chi connectivity index (χ1v) is 22.7. The summed E-state index contributed by atoms with van der Waals surface area (Å²) in [6, 6.07) is -1.52. The number of unbranched alkanes of at least 4 members (excludes halogenated alkanes) is 24. The van der Waals surface area contributed by atoms with Gasteiger partial charge < -0.3 is 25.2 Å². The topological polar surface area (TPSA) is 172 Å². The van der Waals surface area contributed by atoms with Crippen molar-refractivity contribution in [2.45, 2.75) is 212 Å². The third kappa shape index (κ3) is 36.9. The molecule has 4 N–H and O–H groups in total. The Labute approximate surface area is 322 Å². The Balaban J connectivity index is 4.34. The van der Waals surface area contributed by atoms with E-state index in [0.29, 0.717) is 12.8 Å². The molecular formula is C41H78NO10P. The van der Waals surface area contributed by atoms with E-state index in [9.17, 15) is 23.8 Å². The van der Waals surface area contributed by atoms with Crippen molar-refractivity contribution in [3.05, 3.63) is 12.2 Å². The van der Waals surface area contributed by atoms with Crippen LogP contribution in [0.1, 0.15) is 200 Å². The molecule has 0 aromatic carbocycles. The smallest absolute Gasteiger partial charge is 0.472 e. The molecule has 0 aliphatic rings. The molecule has 0 bridgehead atoms. The SMILES string of the molecule is CCCCC/C=C/CCCCCCCC(=O)OC[C@H](COP(=O)(O)OC[C@H](N)C(=O)O)OC(=O)CCCCCCCCCCCCCCCCCCC. The van der Waals surface area contributed by atoms with Crippen molar-refractivity contribution in [3.63, 3.8) is 0 Å². The molecule has 0 saturated heterocycles. The van der Waals surface area contributed by atoms with E-state index in [-0.39, 0.29) is 19.4 Å². The summed E-state index contributed by atoms with van der Waals surface area (Å²) in [5.74, 6) is -2.38. The summed E-state index contributed by atoms with van der Waals surface area (Å²) in [5, 5.41) is 8.87. The number of phosphoric acid groups is 1. The number of nitrogens with two attached hydrogens (primary N) is 1. The number of carboxylic acid groups (broad SMARTS) is 1. The zero-order chi connectivity index (χ0) is 39.3. The average Bonchev–Trinajstić information content (AvgIpc) is 3.13. The van der Waals surface area contributed by atoms with Gasteiger partial charge >= 0.3 is 25.7 Å². The number of phosphoric ester groups is 1. The molecule has 3 atom stereocenters. The number of ether oxygens (including phenoxy) is 2. The first kappa shape index (κ1) is 51.2. The Morgan fingerprint density at radius 2 is 0.943 bits per heavy atom. The number of carbonyl (C=O) groups is 3. The molecule has 0 saturated carbocycles. The molecule has 0 spiro atoms. The summed E-state index contributed by atoms with van der Waals surface area (Å²) in [5.41, 5.74) is 5.33. The number of esters is 2. The van der Waals surface area contributed by atoms with Crippen LogP contribution in [0.25, 0.3) is 0 Å². The predicted molar refractivity (Wildman–Crippen MR) is 213 cm³/mol. The molecule has 0 radical (unpaired) electrons. The molecule has 0 heterocycles. The molecule has 12 heteroatoms. The van der Waals surface area contributed by atoms with Gasteiger partial charge in [0.1, 0.15) is 12.6 Å². The Hall–Kier alpha value is -1.78. The maximum Gasteiger partial charge on any atom is 0.472 e. The fourth-order valence-electron chi connectivity index (χ4n) is 5.88. The van der Waals surface area contributed by atoms with Gasteiger partial charge in [-0.25, -0.2) is 4.57 Å². The van der Waals surface area contributed by atoms with Gasteiger partial charge in [-0.3, -0.25) is 23.4 Å². The summed E-state index contributed by atoms with van der Waals surface area (Å²) < 4.78 is 32.6. The van der Waals surface area contributed by atoms with Gasteiger partial charge in [-0.1, -0.05) is 161 Å². The number of hydrogen-bond acceptors (Lipinski definition) is 9.